The third-order valence-electron chi connectivity index (χ3n) is 4.80. The summed E-state index contributed by atoms with van der Waals surface area (Å²) in [4.78, 5) is 12.6. The van der Waals surface area contributed by atoms with E-state index >= 15 is 0 Å². The lowest BCUT2D eigenvalue weighted by atomic mass is 10.1. The number of carbonyl (C=O) groups is 1. The van der Waals surface area contributed by atoms with E-state index in [-0.39, 0.29) is 5.57 Å². The number of hydrogen-bond donors (Lipinski definition) is 1. The van der Waals surface area contributed by atoms with Crippen LogP contribution in [-0.2, 0) is 17.9 Å². The Balaban J connectivity index is 1.73. The molecule has 7 heteroatoms. The summed E-state index contributed by atoms with van der Waals surface area (Å²) in [6.07, 6.45) is 1.51. The van der Waals surface area contributed by atoms with Crippen LogP contribution in [0.4, 0.5) is 0 Å². The van der Waals surface area contributed by atoms with Crippen LogP contribution >= 0.6 is 15.9 Å². The largest absolute Gasteiger partial charge is 0.497 e. The quantitative estimate of drug-likeness (QED) is 0.315. The van der Waals surface area contributed by atoms with Crippen LogP contribution in [0.5, 0.6) is 17.2 Å². The maximum atomic E-state index is 12.6. The molecule has 0 spiro atoms. The Kier molecular flexibility index (Phi) is 8.50. The number of hydrogen-bond acceptors (Lipinski definition) is 5. The number of nitriles is 1. The first kappa shape index (κ1) is 23.9. The number of nitrogens with one attached hydrogen (secondary N) is 1. The summed E-state index contributed by atoms with van der Waals surface area (Å²) in [7, 11) is 3.13. The first-order chi connectivity index (χ1) is 16.0. The van der Waals surface area contributed by atoms with E-state index < -0.39 is 5.91 Å². The molecule has 0 aromatic heterocycles. The highest BCUT2D eigenvalue weighted by molar-refractivity contribution is 9.10. The summed E-state index contributed by atoms with van der Waals surface area (Å²) < 4.78 is 17.2. The van der Waals surface area contributed by atoms with Gasteiger partial charge in [-0.2, -0.15) is 5.26 Å². The number of halogens is 1. The van der Waals surface area contributed by atoms with E-state index in [1.165, 1.54) is 6.08 Å². The van der Waals surface area contributed by atoms with Gasteiger partial charge >= 0.3 is 0 Å². The molecule has 0 heterocycles. The second kappa shape index (κ2) is 11.7. The van der Waals surface area contributed by atoms with Gasteiger partial charge in [0.25, 0.3) is 5.91 Å². The van der Waals surface area contributed by atoms with E-state index in [9.17, 15) is 10.1 Å². The van der Waals surface area contributed by atoms with E-state index in [2.05, 4.69) is 21.2 Å². The van der Waals surface area contributed by atoms with E-state index in [1.54, 1.807) is 26.4 Å². The van der Waals surface area contributed by atoms with E-state index in [1.807, 2.05) is 60.7 Å². The highest BCUT2D eigenvalue weighted by Crippen LogP contribution is 2.35. The summed E-state index contributed by atoms with van der Waals surface area (Å²) in [5.74, 6) is 1.31. The van der Waals surface area contributed by atoms with Crippen molar-refractivity contribution >= 4 is 27.9 Å². The average Bonchev–Trinajstić information content (AvgIpc) is 2.86. The third kappa shape index (κ3) is 6.61. The second-order valence-electron chi connectivity index (χ2n) is 7.00. The number of benzene rings is 3. The molecule has 6 nitrogen and oxygen atoms in total. The van der Waals surface area contributed by atoms with Crippen molar-refractivity contribution in [3.63, 3.8) is 0 Å². The molecule has 0 unspecified atom stereocenters. The Morgan fingerprint density at radius 2 is 1.73 bits per heavy atom. The first-order valence-electron chi connectivity index (χ1n) is 10.1. The van der Waals surface area contributed by atoms with Crippen LogP contribution in [0.1, 0.15) is 16.7 Å². The lowest BCUT2D eigenvalue weighted by Gasteiger charge is -2.13. The Morgan fingerprint density at radius 3 is 2.36 bits per heavy atom. The van der Waals surface area contributed by atoms with Gasteiger partial charge < -0.3 is 19.5 Å². The van der Waals surface area contributed by atoms with Crippen molar-refractivity contribution in [2.45, 2.75) is 13.2 Å². The van der Waals surface area contributed by atoms with Gasteiger partial charge in [-0.25, -0.2) is 0 Å². The second-order valence-corrected chi connectivity index (χ2v) is 7.85. The highest BCUT2D eigenvalue weighted by atomic mass is 79.9. The molecule has 0 atom stereocenters. The Bertz CT molecular complexity index is 1170. The van der Waals surface area contributed by atoms with E-state index in [4.69, 9.17) is 14.2 Å². The van der Waals surface area contributed by atoms with Crippen molar-refractivity contribution < 1.29 is 19.0 Å². The first-order valence-corrected chi connectivity index (χ1v) is 10.9. The number of amides is 1. The maximum absolute atomic E-state index is 12.6. The SMILES string of the molecule is COc1ccc(CNC(=O)/C(C#N)=C\c2cc(OC)c(OCc3ccccc3)cc2Br)cc1. The summed E-state index contributed by atoms with van der Waals surface area (Å²) in [6, 6.07) is 22.6. The van der Waals surface area contributed by atoms with Gasteiger partial charge in [0.2, 0.25) is 0 Å². The van der Waals surface area contributed by atoms with Gasteiger partial charge in [-0.3, -0.25) is 4.79 Å². The topological polar surface area (TPSA) is 80.6 Å². The van der Waals surface area contributed by atoms with Gasteiger partial charge in [-0.05, 0) is 47.0 Å². The van der Waals surface area contributed by atoms with Crippen LogP contribution in [0.15, 0.2) is 76.8 Å². The summed E-state index contributed by atoms with van der Waals surface area (Å²) in [6.45, 7) is 0.675. The summed E-state index contributed by atoms with van der Waals surface area (Å²) >= 11 is 3.50. The van der Waals surface area contributed by atoms with Crippen molar-refractivity contribution in [1.29, 1.82) is 5.26 Å². The molecule has 33 heavy (non-hydrogen) atoms. The molecule has 1 N–H and O–H groups in total. The molecule has 0 aliphatic carbocycles. The molecule has 3 aromatic rings. The smallest absolute Gasteiger partial charge is 0.262 e. The summed E-state index contributed by atoms with van der Waals surface area (Å²) in [5, 5.41) is 12.3. The van der Waals surface area contributed by atoms with Crippen molar-refractivity contribution in [3.8, 4) is 23.3 Å². The number of rotatable bonds is 9. The minimum Gasteiger partial charge on any atom is -0.497 e. The zero-order valence-corrected chi connectivity index (χ0v) is 19.9. The van der Waals surface area contributed by atoms with Crippen molar-refractivity contribution in [2.24, 2.45) is 0 Å². The van der Waals surface area contributed by atoms with Gasteiger partial charge in [0.05, 0.1) is 14.2 Å². The van der Waals surface area contributed by atoms with Crippen molar-refractivity contribution in [2.75, 3.05) is 14.2 Å². The fourth-order valence-electron chi connectivity index (χ4n) is 2.99. The Morgan fingerprint density at radius 1 is 1.00 bits per heavy atom. The third-order valence-corrected chi connectivity index (χ3v) is 5.48. The van der Waals surface area contributed by atoms with E-state index in [0.29, 0.717) is 34.7 Å². The van der Waals surface area contributed by atoms with Gasteiger partial charge in [0.15, 0.2) is 11.5 Å². The highest BCUT2D eigenvalue weighted by Gasteiger charge is 2.14. The van der Waals surface area contributed by atoms with Crippen LogP contribution in [-0.4, -0.2) is 20.1 Å². The lowest BCUT2D eigenvalue weighted by molar-refractivity contribution is -0.117. The van der Waals surface area contributed by atoms with Crippen LogP contribution in [0.25, 0.3) is 6.08 Å². The predicted molar refractivity (Wildman–Crippen MR) is 130 cm³/mol. The van der Waals surface area contributed by atoms with Crippen LogP contribution < -0.4 is 19.5 Å². The van der Waals surface area contributed by atoms with Gasteiger partial charge in [-0.1, -0.05) is 58.4 Å². The summed E-state index contributed by atoms with van der Waals surface area (Å²) in [5.41, 5.74) is 2.52. The zero-order valence-electron chi connectivity index (χ0n) is 18.3. The molecule has 0 aliphatic heterocycles. The molecule has 0 saturated heterocycles. The minimum absolute atomic E-state index is 0.0239. The Hall–Kier alpha value is -3.76. The standard InChI is InChI=1S/C26H23BrN2O4/c1-31-22-10-8-18(9-11-22)16-29-26(30)21(15-28)12-20-13-24(32-2)25(14-23(20)27)33-17-19-6-4-3-5-7-19/h3-14H,16-17H2,1-2H3,(H,29,30)/b21-12-. The predicted octanol–water partition coefficient (Wildman–Crippen LogP) is 5.27. The molecular weight excluding hydrogens is 484 g/mol. The van der Waals surface area contributed by atoms with Gasteiger partial charge in [0.1, 0.15) is 24.0 Å². The molecule has 168 valence electrons. The normalized spacial score (nSPS) is 10.8. The molecule has 0 saturated carbocycles. The fraction of sp³-hybridized carbons (Fsp3) is 0.154. The molecule has 1 amide bonds. The van der Waals surface area contributed by atoms with Gasteiger partial charge in [-0.15, -0.1) is 0 Å². The number of nitrogens with zero attached hydrogens (tertiary/aromatic N) is 1. The number of methoxy groups -OCH3 is 2. The van der Waals surface area contributed by atoms with E-state index in [0.717, 1.165) is 16.9 Å². The van der Waals surface area contributed by atoms with Crippen molar-refractivity contribution in [1.82, 2.24) is 5.32 Å². The molecule has 0 bridgehead atoms. The maximum Gasteiger partial charge on any atom is 0.262 e. The molecule has 3 rings (SSSR count). The molecular formula is C26H23BrN2O4. The lowest BCUT2D eigenvalue weighted by Crippen LogP contribution is -2.23. The van der Waals surface area contributed by atoms with Gasteiger partial charge in [0, 0.05) is 11.0 Å². The number of ether oxygens (including phenoxy) is 3. The fourth-order valence-corrected chi connectivity index (χ4v) is 3.43. The van der Waals surface area contributed by atoms with Crippen LogP contribution in [0.3, 0.4) is 0 Å². The average molecular weight is 507 g/mol. The van der Waals surface area contributed by atoms with Crippen molar-refractivity contribution in [3.05, 3.63) is 93.5 Å². The zero-order chi connectivity index (χ0) is 23.6. The minimum atomic E-state index is -0.469. The molecule has 0 fully saturated rings. The number of carbonyl (C=O) groups excluding carboxylic acids is 1. The molecule has 3 aromatic carbocycles. The monoisotopic (exact) mass is 506 g/mol. The van der Waals surface area contributed by atoms with Crippen LogP contribution in [0.2, 0.25) is 0 Å². The molecule has 0 radical (unpaired) electrons. The Labute approximate surface area is 201 Å². The molecule has 0 aliphatic rings. The van der Waals surface area contributed by atoms with Crippen LogP contribution in [0, 0.1) is 11.3 Å².